The zero-order valence-electron chi connectivity index (χ0n) is 14.5. The van der Waals surface area contributed by atoms with Gasteiger partial charge in [-0.15, -0.1) is 0 Å². The largest absolute Gasteiger partial charge is 0.381 e. The second-order valence-electron chi connectivity index (χ2n) is 6.40. The lowest BCUT2D eigenvalue weighted by molar-refractivity contribution is 0.0465. The van der Waals surface area contributed by atoms with Crippen molar-refractivity contribution in [2.45, 2.75) is 45.2 Å². The van der Waals surface area contributed by atoms with Gasteiger partial charge in [0.2, 0.25) is 5.89 Å². The van der Waals surface area contributed by atoms with Crippen molar-refractivity contribution in [1.82, 2.24) is 15.5 Å². The molecule has 1 N–H and O–H groups in total. The fourth-order valence-electron chi connectivity index (χ4n) is 3.33. The van der Waals surface area contributed by atoms with E-state index in [4.69, 9.17) is 9.26 Å². The molecule has 1 aromatic heterocycles. The Balaban J connectivity index is 1.86. The van der Waals surface area contributed by atoms with Crippen LogP contribution in [0.4, 0.5) is 8.78 Å². The Morgan fingerprint density at radius 1 is 1.28 bits per heavy atom. The average molecular weight is 351 g/mol. The molecule has 136 valence electrons. The van der Waals surface area contributed by atoms with Crippen LogP contribution in [0.25, 0.3) is 0 Å². The number of aromatic nitrogens is 2. The molecule has 2 aromatic rings. The highest BCUT2D eigenvalue weighted by Crippen LogP contribution is 2.33. The number of benzene rings is 1. The summed E-state index contributed by atoms with van der Waals surface area (Å²) >= 11 is 0. The maximum absolute atomic E-state index is 14.2. The summed E-state index contributed by atoms with van der Waals surface area (Å²) in [5.74, 6) is 0.197. The van der Waals surface area contributed by atoms with Crippen molar-refractivity contribution in [3.05, 3.63) is 47.1 Å². The van der Waals surface area contributed by atoms with E-state index in [2.05, 4.69) is 15.5 Å². The smallest absolute Gasteiger partial charge is 0.244 e. The maximum Gasteiger partial charge on any atom is 0.244 e. The molecular weight excluding hydrogens is 328 g/mol. The number of aryl methyl sites for hydroxylation is 1. The third-order valence-electron chi connectivity index (χ3n) is 4.67. The van der Waals surface area contributed by atoms with Crippen LogP contribution in [0.1, 0.15) is 55.5 Å². The Hall–Kier alpha value is -1.86. The minimum atomic E-state index is -0.579. The summed E-state index contributed by atoms with van der Waals surface area (Å²) in [5, 5.41) is 7.35. The summed E-state index contributed by atoms with van der Waals surface area (Å²) in [5.41, 5.74) is 0.442. The Bertz CT molecular complexity index is 701. The molecule has 0 amide bonds. The monoisotopic (exact) mass is 351 g/mol. The molecule has 1 aliphatic heterocycles. The number of nitrogens with one attached hydrogen (secondary N) is 1. The third kappa shape index (κ3) is 4.22. The molecule has 2 unspecified atom stereocenters. The van der Waals surface area contributed by atoms with Crippen LogP contribution < -0.4 is 5.32 Å². The van der Waals surface area contributed by atoms with Gasteiger partial charge >= 0.3 is 0 Å². The van der Waals surface area contributed by atoms with Gasteiger partial charge in [-0.05, 0) is 38.2 Å². The van der Waals surface area contributed by atoms with Crippen LogP contribution in [-0.4, -0.2) is 23.4 Å². The zero-order valence-corrected chi connectivity index (χ0v) is 14.5. The second kappa shape index (κ2) is 8.01. The first-order valence-corrected chi connectivity index (χ1v) is 8.67. The van der Waals surface area contributed by atoms with Gasteiger partial charge in [0.15, 0.2) is 5.82 Å². The highest BCUT2D eigenvalue weighted by molar-refractivity contribution is 5.22. The minimum Gasteiger partial charge on any atom is -0.381 e. The number of rotatable bonds is 6. The van der Waals surface area contributed by atoms with Gasteiger partial charge < -0.3 is 9.26 Å². The van der Waals surface area contributed by atoms with Gasteiger partial charge in [0.1, 0.15) is 11.6 Å². The van der Waals surface area contributed by atoms with E-state index in [0.29, 0.717) is 36.9 Å². The average Bonchev–Trinajstić information content (AvgIpc) is 3.04. The minimum absolute atomic E-state index is 0.195. The first kappa shape index (κ1) is 17.9. The summed E-state index contributed by atoms with van der Waals surface area (Å²) in [7, 11) is 0. The van der Waals surface area contributed by atoms with Crippen LogP contribution in [-0.2, 0) is 4.74 Å². The Kier molecular flexibility index (Phi) is 5.75. The molecule has 2 atom stereocenters. The first-order chi connectivity index (χ1) is 12.1. The maximum atomic E-state index is 14.2. The number of hydrogen-bond acceptors (Lipinski definition) is 5. The van der Waals surface area contributed by atoms with Crippen molar-refractivity contribution < 1.29 is 18.0 Å². The van der Waals surface area contributed by atoms with Crippen LogP contribution in [0.3, 0.4) is 0 Å². The lowest BCUT2D eigenvalue weighted by Gasteiger charge is -2.32. The predicted octanol–water partition coefficient (Wildman–Crippen LogP) is 3.86. The van der Waals surface area contributed by atoms with Gasteiger partial charge in [-0.1, -0.05) is 18.1 Å². The fourth-order valence-corrected chi connectivity index (χ4v) is 3.33. The van der Waals surface area contributed by atoms with E-state index in [0.717, 1.165) is 18.9 Å². The summed E-state index contributed by atoms with van der Waals surface area (Å²) in [6.45, 7) is 5.08. The Morgan fingerprint density at radius 2 is 2.04 bits per heavy atom. The summed E-state index contributed by atoms with van der Waals surface area (Å²) < 4.78 is 38.3. The molecule has 1 aliphatic rings. The quantitative estimate of drug-likeness (QED) is 0.856. The molecule has 3 rings (SSSR count). The van der Waals surface area contributed by atoms with Gasteiger partial charge in [-0.3, -0.25) is 5.32 Å². The van der Waals surface area contributed by atoms with Gasteiger partial charge in [-0.2, -0.15) is 4.98 Å². The van der Waals surface area contributed by atoms with E-state index in [1.807, 2.05) is 6.92 Å². The van der Waals surface area contributed by atoms with Crippen molar-refractivity contribution in [2.75, 3.05) is 13.2 Å². The van der Waals surface area contributed by atoms with Gasteiger partial charge in [0, 0.05) is 30.9 Å². The topological polar surface area (TPSA) is 60.2 Å². The molecule has 5 nitrogen and oxygen atoms in total. The van der Waals surface area contributed by atoms with Crippen LogP contribution in [0.5, 0.6) is 0 Å². The van der Waals surface area contributed by atoms with E-state index >= 15 is 0 Å². The standard InChI is InChI=1S/C18H23F2N3O2/c1-3-16(14-5-4-13(19)10-15(14)20)22-17(12-6-8-24-9-7-12)18-21-11(2)23-25-18/h4-5,10,12,16-17,22H,3,6-9H2,1-2H3. The van der Waals surface area contributed by atoms with Gasteiger partial charge in [-0.25, -0.2) is 8.78 Å². The molecule has 0 aliphatic carbocycles. The van der Waals surface area contributed by atoms with Crippen molar-refractivity contribution in [3.8, 4) is 0 Å². The number of nitrogens with zero attached hydrogens (tertiary/aromatic N) is 2. The molecule has 1 fully saturated rings. The third-order valence-corrected chi connectivity index (χ3v) is 4.67. The van der Waals surface area contributed by atoms with Gasteiger partial charge in [0.05, 0.1) is 6.04 Å². The van der Waals surface area contributed by atoms with Crippen molar-refractivity contribution in [3.63, 3.8) is 0 Å². The normalized spacial score (nSPS) is 18.2. The Labute approximate surface area is 145 Å². The highest BCUT2D eigenvalue weighted by Gasteiger charge is 2.32. The van der Waals surface area contributed by atoms with Crippen LogP contribution in [0, 0.1) is 24.5 Å². The highest BCUT2D eigenvalue weighted by atomic mass is 19.1. The molecule has 2 heterocycles. The zero-order chi connectivity index (χ0) is 17.8. The molecule has 25 heavy (non-hydrogen) atoms. The van der Waals surface area contributed by atoms with E-state index in [9.17, 15) is 8.78 Å². The van der Waals surface area contributed by atoms with Crippen LogP contribution in [0.2, 0.25) is 0 Å². The van der Waals surface area contributed by atoms with Crippen LogP contribution >= 0.6 is 0 Å². The molecule has 0 spiro atoms. The van der Waals surface area contributed by atoms with E-state index in [-0.39, 0.29) is 18.0 Å². The van der Waals surface area contributed by atoms with Crippen molar-refractivity contribution in [1.29, 1.82) is 0 Å². The van der Waals surface area contributed by atoms with Crippen molar-refractivity contribution >= 4 is 0 Å². The second-order valence-corrected chi connectivity index (χ2v) is 6.40. The van der Waals surface area contributed by atoms with Crippen molar-refractivity contribution in [2.24, 2.45) is 5.92 Å². The van der Waals surface area contributed by atoms with E-state index in [1.54, 1.807) is 6.92 Å². The van der Waals surface area contributed by atoms with Crippen LogP contribution in [0.15, 0.2) is 22.7 Å². The van der Waals surface area contributed by atoms with Gasteiger partial charge in [0.25, 0.3) is 0 Å². The first-order valence-electron chi connectivity index (χ1n) is 8.67. The Morgan fingerprint density at radius 3 is 2.64 bits per heavy atom. The summed E-state index contributed by atoms with van der Waals surface area (Å²) in [4.78, 5) is 4.37. The number of ether oxygens (including phenoxy) is 1. The lowest BCUT2D eigenvalue weighted by Crippen LogP contribution is -2.35. The number of hydrogen-bond donors (Lipinski definition) is 1. The number of halogens is 2. The molecule has 0 saturated carbocycles. The van der Waals surface area contributed by atoms with E-state index in [1.165, 1.54) is 12.1 Å². The fraction of sp³-hybridized carbons (Fsp3) is 0.556. The van der Waals surface area contributed by atoms with E-state index < -0.39 is 11.6 Å². The molecule has 7 heteroatoms. The summed E-state index contributed by atoms with van der Waals surface area (Å²) in [6.07, 6.45) is 2.37. The summed E-state index contributed by atoms with van der Waals surface area (Å²) in [6, 6.07) is 3.22. The predicted molar refractivity (Wildman–Crippen MR) is 87.8 cm³/mol. The molecular formula is C18H23F2N3O2. The SMILES string of the molecule is CCC(NC(c1nc(C)no1)C1CCOCC1)c1ccc(F)cc1F. The molecule has 0 radical (unpaired) electrons. The lowest BCUT2D eigenvalue weighted by atomic mass is 9.90. The molecule has 0 bridgehead atoms. The molecule has 1 aromatic carbocycles. The molecule has 1 saturated heterocycles.